The lowest BCUT2D eigenvalue weighted by Crippen LogP contribution is -2.18. The van der Waals surface area contributed by atoms with Gasteiger partial charge < -0.3 is 0 Å². The number of hydrogen-bond acceptors (Lipinski definition) is 4. The Hall–Kier alpha value is -2.24. The van der Waals surface area contributed by atoms with E-state index in [1.165, 1.54) is 12.1 Å². The van der Waals surface area contributed by atoms with Gasteiger partial charge in [0.1, 0.15) is 0 Å². The van der Waals surface area contributed by atoms with Crippen molar-refractivity contribution >= 4 is 17.3 Å². The van der Waals surface area contributed by atoms with Crippen molar-refractivity contribution in [3.63, 3.8) is 0 Å². The predicted octanol–water partition coefficient (Wildman–Crippen LogP) is 2.63. The van der Waals surface area contributed by atoms with Crippen LogP contribution in [-0.4, -0.2) is 16.5 Å². The number of unbranched alkanes of at least 4 members (excludes halogenated alkanes) is 1. The molecule has 0 bridgehead atoms. The standard InChI is InChI=1S/C13H17N3O3/c1-3-4-8-13(17)15-14-10(2)11-6-5-7-12(9-11)16(18)19/h5-7,9H,3-4,8H2,1-2H3,(H,15,17)/b14-10+. The molecule has 19 heavy (non-hydrogen) atoms. The highest BCUT2D eigenvalue weighted by molar-refractivity contribution is 5.99. The van der Waals surface area contributed by atoms with Gasteiger partial charge >= 0.3 is 0 Å². The van der Waals surface area contributed by atoms with Gasteiger partial charge in [-0.1, -0.05) is 25.5 Å². The normalized spacial score (nSPS) is 11.2. The Labute approximate surface area is 111 Å². The molecule has 0 saturated heterocycles. The van der Waals surface area contributed by atoms with Crippen molar-refractivity contribution in [3.05, 3.63) is 39.9 Å². The molecule has 0 saturated carbocycles. The van der Waals surface area contributed by atoms with Gasteiger partial charge in [-0.15, -0.1) is 0 Å². The molecule has 0 atom stereocenters. The van der Waals surface area contributed by atoms with Gasteiger partial charge in [-0.25, -0.2) is 5.43 Å². The van der Waals surface area contributed by atoms with E-state index in [1.807, 2.05) is 6.92 Å². The minimum absolute atomic E-state index is 0.00404. The van der Waals surface area contributed by atoms with E-state index >= 15 is 0 Å². The maximum absolute atomic E-state index is 11.4. The molecule has 0 heterocycles. The van der Waals surface area contributed by atoms with Gasteiger partial charge in [0, 0.05) is 24.1 Å². The van der Waals surface area contributed by atoms with Crippen LogP contribution in [0.25, 0.3) is 0 Å². The summed E-state index contributed by atoms with van der Waals surface area (Å²) in [5.74, 6) is -0.147. The van der Waals surface area contributed by atoms with E-state index in [4.69, 9.17) is 0 Å². The van der Waals surface area contributed by atoms with Crippen LogP contribution in [0.15, 0.2) is 29.4 Å². The van der Waals surface area contributed by atoms with E-state index in [2.05, 4.69) is 10.5 Å². The molecule has 1 aromatic carbocycles. The van der Waals surface area contributed by atoms with Crippen molar-refractivity contribution in [1.82, 2.24) is 5.43 Å². The number of rotatable bonds is 6. The third kappa shape index (κ3) is 4.87. The Kier molecular flexibility index (Phi) is 5.66. The first-order chi connectivity index (χ1) is 9.04. The summed E-state index contributed by atoms with van der Waals surface area (Å²) in [5.41, 5.74) is 3.60. The first kappa shape index (κ1) is 14.8. The number of nitro groups is 1. The first-order valence-electron chi connectivity index (χ1n) is 6.12. The zero-order valence-corrected chi connectivity index (χ0v) is 11.0. The van der Waals surface area contributed by atoms with E-state index in [0.29, 0.717) is 17.7 Å². The minimum Gasteiger partial charge on any atom is -0.273 e. The molecule has 0 unspecified atom stereocenters. The van der Waals surface area contributed by atoms with Crippen LogP contribution in [0.1, 0.15) is 38.7 Å². The summed E-state index contributed by atoms with van der Waals surface area (Å²) in [7, 11) is 0. The summed E-state index contributed by atoms with van der Waals surface area (Å²) in [6, 6.07) is 6.14. The van der Waals surface area contributed by atoms with Gasteiger partial charge in [-0.05, 0) is 13.3 Å². The highest BCUT2D eigenvalue weighted by Crippen LogP contribution is 2.13. The maximum Gasteiger partial charge on any atom is 0.270 e. The van der Waals surface area contributed by atoms with E-state index in [0.717, 1.165) is 12.8 Å². The second kappa shape index (κ2) is 7.25. The van der Waals surface area contributed by atoms with Crippen molar-refractivity contribution in [2.75, 3.05) is 0 Å². The molecule has 6 nitrogen and oxygen atoms in total. The second-order valence-corrected chi connectivity index (χ2v) is 4.14. The molecule has 0 aliphatic carbocycles. The summed E-state index contributed by atoms with van der Waals surface area (Å²) in [6.45, 7) is 3.70. The predicted molar refractivity (Wildman–Crippen MR) is 73.0 cm³/mol. The van der Waals surface area contributed by atoms with Crippen LogP contribution in [0.2, 0.25) is 0 Å². The minimum atomic E-state index is -0.462. The van der Waals surface area contributed by atoms with Crippen LogP contribution in [0.5, 0.6) is 0 Å². The zero-order valence-electron chi connectivity index (χ0n) is 11.0. The van der Waals surface area contributed by atoms with E-state index in [1.54, 1.807) is 19.1 Å². The van der Waals surface area contributed by atoms with Gasteiger partial charge in [-0.2, -0.15) is 5.10 Å². The van der Waals surface area contributed by atoms with Crippen molar-refractivity contribution in [1.29, 1.82) is 0 Å². The first-order valence-corrected chi connectivity index (χ1v) is 6.12. The van der Waals surface area contributed by atoms with Crippen molar-refractivity contribution in [3.8, 4) is 0 Å². The molecule has 0 radical (unpaired) electrons. The summed E-state index contributed by atoms with van der Waals surface area (Å²) in [4.78, 5) is 21.6. The smallest absolute Gasteiger partial charge is 0.270 e. The molecular weight excluding hydrogens is 246 g/mol. The van der Waals surface area contributed by atoms with E-state index < -0.39 is 4.92 Å². The molecule has 0 spiro atoms. The Morgan fingerprint density at radius 1 is 1.47 bits per heavy atom. The number of amides is 1. The van der Waals surface area contributed by atoms with Gasteiger partial charge in [0.25, 0.3) is 5.69 Å². The van der Waals surface area contributed by atoms with Crippen LogP contribution in [0, 0.1) is 10.1 Å². The average Bonchev–Trinajstić information content (AvgIpc) is 2.42. The molecule has 1 N–H and O–H groups in total. The Balaban J connectivity index is 2.71. The SMILES string of the molecule is CCCCC(=O)N/N=C(\C)c1cccc([N+](=O)[O-])c1. The maximum atomic E-state index is 11.4. The van der Waals surface area contributed by atoms with Gasteiger partial charge in [-0.3, -0.25) is 14.9 Å². The van der Waals surface area contributed by atoms with E-state index in [9.17, 15) is 14.9 Å². The number of hydrogen-bond donors (Lipinski definition) is 1. The number of non-ortho nitro benzene ring substituents is 1. The Bertz CT molecular complexity index is 498. The number of nitro benzene ring substituents is 1. The Morgan fingerprint density at radius 3 is 2.84 bits per heavy atom. The zero-order chi connectivity index (χ0) is 14.3. The summed E-state index contributed by atoms with van der Waals surface area (Å²) in [6.07, 6.45) is 2.19. The van der Waals surface area contributed by atoms with Crippen molar-refractivity contribution in [2.24, 2.45) is 5.10 Å². The molecule has 0 fully saturated rings. The molecular formula is C13H17N3O3. The summed E-state index contributed by atoms with van der Waals surface area (Å²) in [5, 5.41) is 14.6. The highest BCUT2D eigenvalue weighted by Gasteiger charge is 2.07. The van der Waals surface area contributed by atoms with Crippen LogP contribution < -0.4 is 5.43 Å². The molecule has 1 aromatic rings. The third-order valence-corrected chi connectivity index (χ3v) is 2.58. The van der Waals surface area contributed by atoms with Crippen LogP contribution in [0.3, 0.4) is 0 Å². The summed E-state index contributed by atoms with van der Waals surface area (Å²) >= 11 is 0. The second-order valence-electron chi connectivity index (χ2n) is 4.14. The van der Waals surface area contributed by atoms with Gasteiger partial charge in [0.05, 0.1) is 10.6 Å². The third-order valence-electron chi connectivity index (χ3n) is 2.58. The molecule has 0 aromatic heterocycles. The largest absolute Gasteiger partial charge is 0.273 e. The van der Waals surface area contributed by atoms with Crippen molar-refractivity contribution in [2.45, 2.75) is 33.1 Å². The molecule has 1 rings (SSSR count). The Morgan fingerprint density at radius 2 is 2.21 bits per heavy atom. The van der Waals surface area contributed by atoms with Crippen LogP contribution in [-0.2, 0) is 4.79 Å². The van der Waals surface area contributed by atoms with Crippen molar-refractivity contribution < 1.29 is 9.72 Å². The fraction of sp³-hybridized carbons (Fsp3) is 0.385. The number of carbonyl (C=O) groups is 1. The topological polar surface area (TPSA) is 84.6 Å². The number of benzene rings is 1. The highest BCUT2D eigenvalue weighted by atomic mass is 16.6. The fourth-order valence-electron chi connectivity index (χ4n) is 1.45. The van der Waals surface area contributed by atoms with Gasteiger partial charge in [0.2, 0.25) is 5.91 Å². The van der Waals surface area contributed by atoms with E-state index in [-0.39, 0.29) is 11.6 Å². The van der Waals surface area contributed by atoms with Crippen LogP contribution in [0.4, 0.5) is 5.69 Å². The lowest BCUT2D eigenvalue weighted by molar-refractivity contribution is -0.384. The van der Waals surface area contributed by atoms with Gasteiger partial charge in [0.15, 0.2) is 0 Å². The molecule has 0 aliphatic heterocycles. The van der Waals surface area contributed by atoms with Crippen LogP contribution >= 0.6 is 0 Å². The quantitative estimate of drug-likeness (QED) is 0.486. The average molecular weight is 263 g/mol. The molecule has 6 heteroatoms. The fourth-order valence-corrected chi connectivity index (χ4v) is 1.45. The number of hydrazone groups is 1. The monoisotopic (exact) mass is 263 g/mol. The number of carbonyl (C=O) groups excluding carboxylic acids is 1. The number of nitrogens with zero attached hydrogens (tertiary/aromatic N) is 2. The molecule has 0 aliphatic rings. The number of nitrogens with one attached hydrogen (secondary N) is 1. The lowest BCUT2D eigenvalue weighted by Gasteiger charge is -2.02. The lowest BCUT2D eigenvalue weighted by atomic mass is 10.1. The molecule has 102 valence electrons. The summed E-state index contributed by atoms with van der Waals surface area (Å²) < 4.78 is 0. The molecule has 1 amide bonds.